The molecule has 0 aliphatic heterocycles. The molecule has 0 aromatic carbocycles. The van der Waals surface area contributed by atoms with Crippen LogP contribution in [0.25, 0.3) is 0 Å². The standard InChI is InChI=1S/C5H8O3/c1-5(7)8-4-2-3-6/h3H,2,4H2,1H3. The Kier molecular flexibility index (Phi) is 3.84. The fourth-order valence-corrected chi connectivity index (χ4v) is 0.251. The van der Waals surface area contributed by atoms with Crippen LogP contribution < -0.4 is 0 Å². The van der Waals surface area contributed by atoms with Crippen molar-refractivity contribution in [1.29, 1.82) is 0 Å². The van der Waals surface area contributed by atoms with E-state index in [-0.39, 0.29) is 12.6 Å². The minimum absolute atomic E-state index is 0.207. The molecule has 0 amide bonds. The Morgan fingerprint density at radius 3 is 2.75 bits per heavy atom. The Balaban J connectivity index is 2.93. The van der Waals surface area contributed by atoms with E-state index < -0.39 is 0 Å². The summed E-state index contributed by atoms with van der Waals surface area (Å²) >= 11 is 0. The van der Waals surface area contributed by atoms with Gasteiger partial charge in [-0.3, -0.25) is 4.79 Å². The molecular weight excluding hydrogens is 108 g/mol. The molecule has 0 aromatic heterocycles. The number of rotatable bonds is 3. The van der Waals surface area contributed by atoms with Gasteiger partial charge in [0.25, 0.3) is 0 Å². The first-order valence-electron chi connectivity index (χ1n) is 2.34. The third-order valence-electron chi connectivity index (χ3n) is 0.541. The first-order valence-corrected chi connectivity index (χ1v) is 2.34. The summed E-state index contributed by atoms with van der Waals surface area (Å²) in [5, 5.41) is 0. The molecule has 0 atom stereocenters. The molecule has 0 saturated carbocycles. The Hall–Kier alpha value is -0.860. The lowest BCUT2D eigenvalue weighted by atomic mass is 10.5. The molecule has 0 fully saturated rings. The van der Waals surface area contributed by atoms with Gasteiger partial charge in [0.1, 0.15) is 6.29 Å². The van der Waals surface area contributed by atoms with E-state index in [2.05, 4.69) is 4.74 Å². The van der Waals surface area contributed by atoms with Crippen LogP contribution in [0.3, 0.4) is 0 Å². The fraction of sp³-hybridized carbons (Fsp3) is 0.600. The van der Waals surface area contributed by atoms with E-state index >= 15 is 0 Å². The third kappa shape index (κ3) is 5.14. The summed E-state index contributed by atoms with van der Waals surface area (Å²) in [7, 11) is 0. The van der Waals surface area contributed by atoms with Gasteiger partial charge in [-0.2, -0.15) is 0 Å². The maximum atomic E-state index is 9.98. The fourth-order valence-electron chi connectivity index (χ4n) is 0.251. The van der Waals surface area contributed by atoms with E-state index in [1.54, 1.807) is 0 Å². The van der Waals surface area contributed by atoms with Crippen molar-refractivity contribution >= 4 is 12.3 Å². The molecule has 0 spiro atoms. The molecule has 0 unspecified atom stereocenters. The van der Waals surface area contributed by atoms with Crippen LogP contribution in [0.1, 0.15) is 13.3 Å². The number of hydrogen-bond donors (Lipinski definition) is 0. The van der Waals surface area contributed by atoms with Crippen LogP contribution in [0.2, 0.25) is 0 Å². The summed E-state index contributed by atoms with van der Waals surface area (Å²) in [5.41, 5.74) is 0. The van der Waals surface area contributed by atoms with Crippen molar-refractivity contribution in [2.24, 2.45) is 0 Å². The van der Waals surface area contributed by atoms with Crippen LogP contribution >= 0.6 is 0 Å². The lowest BCUT2D eigenvalue weighted by molar-refractivity contribution is -0.141. The monoisotopic (exact) mass is 116 g/mol. The second-order valence-electron chi connectivity index (χ2n) is 1.30. The van der Waals surface area contributed by atoms with Gasteiger partial charge in [0.15, 0.2) is 0 Å². The first-order chi connectivity index (χ1) is 3.77. The van der Waals surface area contributed by atoms with E-state index in [0.717, 1.165) is 0 Å². The molecule has 0 saturated heterocycles. The van der Waals surface area contributed by atoms with Crippen molar-refractivity contribution in [3.8, 4) is 0 Å². The number of esters is 1. The number of hydrogen-bond acceptors (Lipinski definition) is 3. The van der Waals surface area contributed by atoms with Crippen LogP contribution in [0.5, 0.6) is 0 Å². The highest BCUT2D eigenvalue weighted by molar-refractivity contribution is 5.66. The van der Waals surface area contributed by atoms with E-state index in [4.69, 9.17) is 0 Å². The lowest BCUT2D eigenvalue weighted by Gasteiger charge is -1.93. The van der Waals surface area contributed by atoms with Crippen molar-refractivity contribution in [2.75, 3.05) is 6.61 Å². The third-order valence-corrected chi connectivity index (χ3v) is 0.541. The SMILES string of the molecule is CC(=O)OCCC=O. The highest BCUT2D eigenvalue weighted by atomic mass is 16.5. The average molecular weight is 116 g/mol. The predicted octanol–water partition coefficient (Wildman–Crippen LogP) is 0.139. The van der Waals surface area contributed by atoms with Crippen molar-refractivity contribution < 1.29 is 14.3 Å². The Morgan fingerprint density at radius 1 is 1.75 bits per heavy atom. The van der Waals surface area contributed by atoms with E-state index in [9.17, 15) is 9.59 Å². The van der Waals surface area contributed by atoms with E-state index in [1.165, 1.54) is 6.92 Å². The second kappa shape index (κ2) is 4.30. The van der Waals surface area contributed by atoms with Crippen LogP contribution in [-0.2, 0) is 14.3 Å². The molecule has 0 aromatic rings. The maximum Gasteiger partial charge on any atom is 0.302 e. The second-order valence-corrected chi connectivity index (χ2v) is 1.30. The van der Waals surface area contributed by atoms with Crippen molar-refractivity contribution in [3.63, 3.8) is 0 Å². The van der Waals surface area contributed by atoms with Gasteiger partial charge in [-0.15, -0.1) is 0 Å². The molecule has 0 bridgehead atoms. The highest BCUT2D eigenvalue weighted by Gasteiger charge is 1.88. The van der Waals surface area contributed by atoms with Gasteiger partial charge in [-0.05, 0) is 0 Å². The Labute approximate surface area is 47.6 Å². The molecule has 3 nitrogen and oxygen atoms in total. The predicted molar refractivity (Wildman–Crippen MR) is 27.3 cm³/mol. The summed E-state index contributed by atoms with van der Waals surface area (Å²) in [4.78, 5) is 19.6. The van der Waals surface area contributed by atoms with Crippen LogP contribution in [0, 0.1) is 0 Å². The normalized spacial score (nSPS) is 8.12. The van der Waals surface area contributed by atoms with Gasteiger partial charge in [0.2, 0.25) is 0 Å². The number of carbonyl (C=O) groups is 2. The van der Waals surface area contributed by atoms with Gasteiger partial charge in [-0.25, -0.2) is 0 Å². The van der Waals surface area contributed by atoms with Crippen molar-refractivity contribution in [2.45, 2.75) is 13.3 Å². The van der Waals surface area contributed by atoms with Crippen LogP contribution in [0.15, 0.2) is 0 Å². The van der Waals surface area contributed by atoms with Crippen LogP contribution in [-0.4, -0.2) is 18.9 Å². The smallest absolute Gasteiger partial charge is 0.302 e. The van der Waals surface area contributed by atoms with E-state index in [0.29, 0.717) is 12.7 Å². The van der Waals surface area contributed by atoms with Gasteiger partial charge in [-0.1, -0.05) is 0 Å². The van der Waals surface area contributed by atoms with Crippen LogP contribution in [0.4, 0.5) is 0 Å². The molecule has 0 aliphatic rings. The van der Waals surface area contributed by atoms with Gasteiger partial charge in [0.05, 0.1) is 6.61 Å². The number of carbonyl (C=O) groups excluding carboxylic acids is 2. The zero-order valence-electron chi connectivity index (χ0n) is 4.72. The largest absolute Gasteiger partial charge is 0.465 e. The number of ether oxygens (including phenoxy) is 1. The maximum absolute atomic E-state index is 9.98. The van der Waals surface area contributed by atoms with Gasteiger partial charge < -0.3 is 9.53 Å². The molecule has 0 heterocycles. The van der Waals surface area contributed by atoms with Gasteiger partial charge >= 0.3 is 5.97 Å². The lowest BCUT2D eigenvalue weighted by Crippen LogP contribution is -2.00. The van der Waals surface area contributed by atoms with E-state index in [1.807, 2.05) is 0 Å². The zero-order valence-corrected chi connectivity index (χ0v) is 4.72. The van der Waals surface area contributed by atoms with Crippen molar-refractivity contribution in [1.82, 2.24) is 0 Å². The minimum Gasteiger partial charge on any atom is -0.465 e. The summed E-state index contributed by atoms with van der Waals surface area (Å²) in [6.45, 7) is 1.52. The number of aldehydes is 1. The summed E-state index contributed by atoms with van der Waals surface area (Å²) in [5.74, 6) is -0.341. The Morgan fingerprint density at radius 2 is 2.38 bits per heavy atom. The molecule has 0 rings (SSSR count). The molecule has 3 heteroatoms. The highest BCUT2D eigenvalue weighted by Crippen LogP contribution is 1.77. The quantitative estimate of drug-likeness (QED) is 0.299. The average Bonchev–Trinajstić information content (AvgIpc) is 1.66. The molecule has 8 heavy (non-hydrogen) atoms. The first kappa shape index (κ1) is 7.14. The minimum atomic E-state index is -0.341. The molecular formula is C5H8O3. The molecule has 0 N–H and O–H groups in total. The molecule has 0 radical (unpaired) electrons. The molecule has 0 aliphatic carbocycles. The molecule has 46 valence electrons. The topological polar surface area (TPSA) is 43.4 Å². The Bertz CT molecular complexity index is 87.7. The van der Waals surface area contributed by atoms with Gasteiger partial charge in [0, 0.05) is 13.3 Å². The summed E-state index contributed by atoms with van der Waals surface area (Å²) in [6.07, 6.45) is 1.00. The van der Waals surface area contributed by atoms with Crippen molar-refractivity contribution in [3.05, 3.63) is 0 Å². The summed E-state index contributed by atoms with van der Waals surface area (Å²) in [6, 6.07) is 0. The zero-order chi connectivity index (χ0) is 6.41. The summed E-state index contributed by atoms with van der Waals surface area (Å²) < 4.78 is 4.41.